The Morgan fingerprint density at radius 1 is 1.50 bits per heavy atom. The molecule has 2 aromatic rings. The molecule has 1 heterocycles. The number of halogens is 2. The zero-order chi connectivity index (χ0) is 13.1. The second kappa shape index (κ2) is 5.18. The van der Waals surface area contributed by atoms with Crippen LogP contribution in [-0.2, 0) is 6.54 Å². The van der Waals surface area contributed by atoms with Crippen LogP contribution in [0, 0.1) is 5.82 Å². The first-order chi connectivity index (χ1) is 8.56. The van der Waals surface area contributed by atoms with Crippen LogP contribution in [0.5, 0.6) is 0 Å². The number of aromatic carboxylic acids is 1. The molecule has 18 heavy (non-hydrogen) atoms. The quantitative estimate of drug-likeness (QED) is 0.907. The molecular weight excluding hydrogens is 307 g/mol. The molecule has 0 aliphatic rings. The summed E-state index contributed by atoms with van der Waals surface area (Å²) in [6.45, 7) is 0.146. The number of benzene rings is 1. The molecular formula is C11H8BrFN2O3. The van der Waals surface area contributed by atoms with Crippen molar-refractivity contribution >= 4 is 27.6 Å². The second-order valence-electron chi connectivity index (χ2n) is 3.46. The average Bonchev–Trinajstić information content (AvgIpc) is 2.79. The first-order valence-corrected chi connectivity index (χ1v) is 5.73. The molecule has 1 aromatic carbocycles. The second-order valence-corrected chi connectivity index (χ2v) is 4.38. The van der Waals surface area contributed by atoms with E-state index < -0.39 is 11.8 Å². The monoisotopic (exact) mass is 314 g/mol. The van der Waals surface area contributed by atoms with Crippen LogP contribution >= 0.6 is 15.9 Å². The van der Waals surface area contributed by atoms with Crippen LogP contribution in [0.25, 0.3) is 0 Å². The lowest BCUT2D eigenvalue weighted by atomic mass is 10.3. The maximum Gasteiger partial charge on any atom is 0.358 e. The molecule has 7 heteroatoms. The van der Waals surface area contributed by atoms with Gasteiger partial charge in [-0.3, -0.25) is 0 Å². The summed E-state index contributed by atoms with van der Waals surface area (Å²) >= 11 is 3.23. The van der Waals surface area contributed by atoms with Crippen molar-refractivity contribution in [3.8, 4) is 0 Å². The van der Waals surface area contributed by atoms with Crippen molar-refractivity contribution in [3.05, 3.63) is 46.0 Å². The number of hydrogen-bond donors (Lipinski definition) is 2. The average molecular weight is 315 g/mol. The van der Waals surface area contributed by atoms with Crippen LogP contribution in [0.1, 0.15) is 16.2 Å². The Labute approximate surface area is 110 Å². The lowest BCUT2D eigenvalue weighted by Gasteiger charge is -2.05. The van der Waals surface area contributed by atoms with Gasteiger partial charge < -0.3 is 14.9 Å². The van der Waals surface area contributed by atoms with Crippen LogP contribution in [0.3, 0.4) is 0 Å². The number of carboxylic acids is 1. The topological polar surface area (TPSA) is 75.4 Å². The molecule has 2 rings (SSSR count). The highest BCUT2D eigenvalue weighted by atomic mass is 79.9. The minimum atomic E-state index is -1.17. The van der Waals surface area contributed by atoms with Gasteiger partial charge in [0.2, 0.25) is 0 Å². The minimum absolute atomic E-state index is 0.146. The number of carboxylic acid groups (broad SMARTS) is 1. The standard InChI is InChI=1S/C11H8BrFN2O3/c12-6-1-2-8(13)9(3-6)14-5-7-4-10(11(16)17)15-18-7/h1-4,14H,5H2,(H,16,17). The largest absolute Gasteiger partial charge is 0.476 e. The fraction of sp³-hybridized carbons (Fsp3) is 0.0909. The summed E-state index contributed by atoms with van der Waals surface area (Å²) in [5, 5.41) is 14.8. The Morgan fingerprint density at radius 2 is 2.28 bits per heavy atom. The van der Waals surface area contributed by atoms with Crippen molar-refractivity contribution in [2.45, 2.75) is 6.54 Å². The summed E-state index contributed by atoms with van der Waals surface area (Å²) in [6, 6.07) is 5.75. The predicted octanol–water partition coefficient (Wildman–Crippen LogP) is 2.89. The summed E-state index contributed by atoms with van der Waals surface area (Å²) < 4.78 is 18.9. The van der Waals surface area contributed by atoms with Gasteiger partial charge >= 0.3 is 5.97 Å². The van der Waals surface area contributed by atoms with Gasteiger partial charge in [-0.25, -0.2) is 9.18 Å². The van der Waals surface area contributed by atoms with Crippen LogP contribution in [0.4, 0.5) is 10.1 Å². The van der Waals surface area contributed by atoms with E-state index in [1.807, 2.05) is 0 Å². The number of aromatic nitrogens is 1. The number of nitrogens with one attached hydrogen (secondary N) is 1. The van der Waals surface area contributed by atoms with E-state index in [-0.39, 0.29) is 17.9 Å². The summed E-state index contributed by atoms with van der Waals surface area (Å²) in [6.07, 6.45) is 0. The first-order valence-electron chi connectivity index (χ1n) is 4.94. The fourth-order valence-electron chi connectivity index (χ4n) is 1.31. The lowest BCUT2D eigenvalue weighted by Crippen LogP contribution is -2.00. The van der Waals surface area contributed by atoms with E-state index in [1.165, 1.54) is 12.1 Å². The van der Waals surface area contributed by atoms with E-state index in [0.717, 1.165) is 4.47 Å². The zero-order valence-corrected chi connectivity index (χ0v) is 10.6. The summed E-state index contributed by atoms with van der Waals surface area (Å²) in [5.74, 6) is -1.26. The van der Waals surface area contributed by atoms with Crippen molar-refractivity contribution in [1.82, 2.24) is 5.16 Å². The molecule has 0 radical (unpaired) electrons. The third kappa shape index (κ3) is 2.86. The first kappa shape index (κ1) is 12.6. The highest BCUT2D eigenvalue weighted by molar-refractivity contribution is 9.10. The van der Waals surface area contributed by atoms with Gasteiger partial charge in [0.05, 0.1) is 12.2 Å². The highest BCUT2D eigenvalue weighted by Gasteiger charge is 2.11. The number of anilines is 1. The Kier molecular flexibility index (Phi) is 3.61. The van der Waals surface area contributed by atoms with Gasteiger partial charge in [0.25, 0.3) is 0 Å². The molecule has 1 aromatic heterocycles. The normalized spacial score (nSPS) is 10.3. The van der Waals surface area contributed by atoms with Gasteiger partial charge in [0, 0.05) is 10.5 Å². The van der Waals surface area contributed by atoms with Crippen LogP contribution in [0.15, 0.2) is 33.3 Å². The minimum Gasteiger partial charge on any atom is -0.476 e. The van der Waals surface area contributed by atoms with E-state index >= 15 is 0 Å². The Bertz CT molecular complexity index is 585. The predicted molar refractivity (Wildman–Crippen MR) is 64.9 cm³/mol. The van der Waals surface area contributed by atoms with E-state index in [4.69, 9.17) is 9.63 Å². The summed E-state index contributed by atoms with van der Waals surface area (Å²) in [4.78, 5) is 10.6. The van der Waals surface area contributed by atoms with Gasteiger partial charge in [-0.05, 0) is 18.2 Å². The molecule has 0 spiro atoms. The van der Waals surface area contributed by atoms with E-state index in [0.29, 0.717) is 5.76 Å². The maximum atomic E-state index is 13.4. The Balaban J connectivity index is 2.06. The zero-order valence-electron chi connectivity index (χ0n) is 8.98. The Morgan fingerprint density at radius 3 is 2.94 bits per heavy atom. The molecule has 0 amide bonds. The van der Waals surface area contributed by atoms with Crippen molar-refractivity contribution < 1.29 is 18.8 Å². The number of nitrogens with zero attached hydrogens (tertiary/aromatic N) is 1. The molecule has 0 bridgehead atoms. The van der Waals surface area contributed by atoms with Crippen LogP contribution in [0.2, 0.25) is 0 Å². The van der Waals surface area contributed by atoms with Crippen LogP contribution < -0.4 is 5.32 Å². The fourth-order valence-corrected chi connectivity index (χ4v) is 1.67. The van der Waals surface area contributed by atoms with Crippen molar-refractivity contribution in [2.75, 3.05) is 5.32 Å². The SMILES string of the molecule is O=C(O)c1cc(CNc2cc(Br)ccc2F)on1. The third-order valence-electron chi connectivity index (χ3n) is 2.16. The molecule has 0 unspecified atom stereocenters. The molecule has 0 saturated heterocycles. The molecule has 0 aliphatic carbocycles. The molecule has 0 fully saturated rings. The lowest BCUT2D eigenvalue weighted by molar-refractivity contribution is 0.0685. The molecule has 0 saturated carbocycles. The molecule has 2 N–H and O–H groups in total. The van der Waals surface area contributed by atoms with Gasteiger partial charge in [0.15, 0.2) is 11.5 Å². The number of hydrogen-bond acceptors (Lipinski definition) is 4. The summed E-state index contributed by atoms with van der Waals surface area (Å²) in [5.41, 5.74) is 0.110. The van der Waals surface area contributed by atoms with Crippen molar-refractivity contribution in [2.24, 2.45) is 0 Å². The van der Waals surface area contributed by atoms with Gasteiger partial charge in [-0.1, -0.05) is 21.1 Å². The van der Waals surface area contributed by atoms with Gasteiger partial charge in [0.1, 0.15) is 5.82 Å². The molecule has 94 valence electrons. The molecule has 0 aliphatic heterocycles. The van der Waals surface area contributed by atoms with Crippen molar-refractivity contribution in [3.63, 3.8) is 0 Å². The summed E-state index contributed by atoms with van der Waals surface area (Å²) in [7, 11) is 0. The third-order valence-corrected chi connectivity index (χ3v) is 2.65. The smallest absolute Gasteiger partial charge is 0.358 e. The van der Waals surface area contributed by atoms with E-state index in [2.05, 4.69) is 26.4 Å². The van der Waals surface area contributed by atoms with Gasteiger partial charge in [-0.2, -0.15) is 0 Å². The highest BCUT2D eigenvalue weighted by Crippen LogP contribution is 2.20. The number of rotatable bonds is 4. The van der Waals surface area contributed by atoms with E-state index in [1.54, 1.807) is 12.1 Å². The molecule has 5 nitrogen and oxygen atoms in total. The Hall–Kier alpha value is -1.89. The molecule has 0 atom stereocenters. The van der Waals surface area contributed by atoms with Crippen LogP contribution in [-0.4, -0.2) is 16.2 Å². The van der Waals surface area contributed by atoms with Gasteiger partial charge in [-0.15, -0.1) is 0 Å². The number of carbonyl (C=O) groups is 1. The van der Waals surface area contributed by atoms with Crippen molar-refractivity contribution in [1.29, 1.82) is 0 Å². The van der Waals surface area contributed by atoms with E-state index in [9.17, 15) is 9.18 Å². The maximum absolute atomic E-state index is 13.4.